The molecular formula is C52H37N5. The molecule has 0 aliphatic carbocycles. The first-order valence-corrected chi connectivity index (χ1v) is 19.2. The molecule has 0 atom stereocenters. The molecule has 0 bridgehead atoms. The third-order valence-electron chi connectivity index (χ3n) is 10.8. The summed E-state index contributed by atoms with van der Waals surface area (Å²) in [6.45, 7) is 6.45. The van der Waals surface area contributed by atoms with E-state index in [-0.39, 0.29) is 0 Å². The summed E-state index contributed by atoms with van der Waals surface area (Å²) in [6, 6.07) is 63.2. The lowest BCUT2D eigenvalue weighted by atomic mass is 10.00. The number of hydrogen-bond acceptors (Lipinski definition) is 3. The summed E-state index contributed by atoms with van der Waals surface area (Å²) in [5.74, 6) is 1.77. The van der Waals surface area contributed by atoms with Gasteiger partial charge >= 0.3 is 0 Å². The van der Waals surface area contributed by atoms with E-state index in [0.29, 0.717) is 17.6 Å². The van der Waals surface area contributed by atoms with Crippen molar-refractivity contribution in [3.8, 4) is 45.5 Å². The van der Waals surface area contributed by atoms with Crippen molar-refractivity contribution in [1.82, 2.24) is 24.1 Å². The van der Waals surface area contributed by atoms with E-state index in [9.17, 15) is 0 Å². The van der Waals surface area contributed by atoms with Crippen molar-refractivity contribution in [3.05, 3.63) is 211 Å². The van der Waals surface area contributed by atoms with Crippen LogP contribution in [0.4, 0.5) is 0 Å². The maximum absolute atomic E-state index is 5.30. The first-order chi connectivity index (χ1) is 28.2. The molecule has 10 aromatic rings. The van der Waals surface area contributed by atoms with E-state index in [0.717, 1.165) is 83.0 Å². The highest BCUT2D eigenvalue weighted by Gasteiger charge is 2.25. The van der Waals surface area contributed by atoms with Crippen molar-refractivity contribution in [1.29, 1.82) is 0 Å². The van der Waals surface area contributed by atoms with E-state index >= 15 is 0 Å². The molecule has 10 rings (SSSR count). The van der Waals surface area contributed by atoms with Crippen molar-refractivity contribution >= 4 is 44.4 Å². The molecule has 0 saturated heterocycles. The Morgan fingerprint density at radius 2 is 1.02 bits per heavy atom. The van der Waals surface area contributed by atoms with Crippen LogP contribution >= 0.6 is 0 Å². The van der Waals surface area contributed by atoms with E-state index < -0.39 is 0 Å². The first kappa shape index (κ1) is 33.9. The molecule has 0 fully saturated rings. The lowest BCUT2D eigenvalue weighted by Gasteiger charge is -2.13. The van der Waals surface area contributed by atoms with E-state index in [4.69, 9.17) is 15.0 Å². The summed E-state index contributed by atoms with van der Waals surface area (Å²) < 4.78 is 4.64. The maximum Gasteiger partial charge on any atom is 0.238 e. The van der Waals surface area contributed by atoms with Crippen LogP contribution in [0, 0.1) is 6.92 Å². The monoisotopic (exact) mass is 731 g/mol. The minimum absolute atomic E-state index is 0.550. The molecule has 0 N–H and O–H groups in total. The second kappa shape index (κ2) is 14.2. The molecule has 0 radical (unpaired) electrons. The second-order valence-electron chi connectivity index (χ2n) is 14.1. The Morgan fingerprint density at radius 1 is 0.491 bits per heavy atom. The predicted octanol–water partition coefficient (Wildman–Crippen LogP) is 12.9. The largest absolute Gasteiger partial charge is 0.311 e. The second-order valence-corrected chi connectivity index (χ2v) is 14.1. The summed E-state index contributed by atoms with van der Waals surface area (Å²) in [6.07, 6.45) is 4.22. The summed E-state index contributed by atoms with van der Waals surface area (Å²) in [4.78, 5) is 15.7. The molecule has 0 unspecified atom stereocenters. The molecule has 270 valence electrons. The molecule has 0 aliphatic rings. The molecule has 5 heteroatoms. The van der Waals surface area contributed by atoms with Gasteiger partial charge in [0.1, 0.15) is 0 Å². The average molecular weight is 732 g/mol. The number of benzene rings is 7. The number of aromatic nitrogens is 5. The smallest absolute Gasteiger partial charge is 0.238 e. The summed E-state index contributed by atoms with van der Waals surface area (Å²) in [5.41, 5.74) is 12.7. The van der Waals surface area contributed by atoms with Gasteiger partial charge < -0.3 is 4.57 Å². The Kier molecular flexibility index (Phi) is 8.46. The van der Waals surface area contributed by atoms with Gasteiger partial charge in [-0.1, -0.05) is 170 Å². The molecule has 0 amide bonds. The number of fused-ring (bicyclic) bond motifs is 5. The van der Waals surface area contributed by atoms with E-state index in [1.54, 1.807) is 0 Å². The minimum atomic E-state index is 0.550. The number of allylic oxidation sites excluding steroid dienone is 2. The van der Waals surface area contributed by atoms with Gasteiger partial charge in [-0.15, -0.1) is 0 Å². The first-order valence-electron chi connectivity index (χ1n) is 19.2. The predicted molar refractivity (Wildman–Crippen MR) is 237 cm³/mol. The topological polar surface area (TPSA) is 48.5 Å². The van der Waals surface area contributed by atoms with E-state index in [2.05, 4.69) is 168 Å². The van der Waals surface area contributed by atoms with Crippen molar-refractivity contribution in [2.75, 3.05) is 0 Å². The van der Waals surface area contributed by atoms with Crippen LogP contribution in [0.2, 0.25) is 0 Å². The van der Waals surface area contributed by atoms with Crippen molar-refractivity contribution in [2.24, 2.45) is 0 Å². The third kappa shape index (κ3) is 5.94. The van der Waals surface area contributed by atoms with Crippen LogP contribution in [0.5, 0.6) is 0 Å². The Hall–Kier alpha value is -7.63. The molecular weight excluding hydrogens is 695 g/mol. The quantitative estimate of drug-likeness (QED) is 0.146. The Balaban J connectivity index is 1.37. The van der Waals surface area contributed by atoms with Crippen LogP contribution < -0.4 is 0 Å². The van der Waals surface area contributed by atoms with Gasteiger partial charge in [0.25, 0.3) is 0 Å². The van der Waals surface area contributed by atoms with Crippen molar-refractivity contribution in [2.45, 2.75) is 6.92 Å². The van der Waals surface area contributed by atoms with E-state index in [1.165, 1.54) is 0 Å². The van der Waals surface area contributed by atoms with Crippen LogP contribution in [0.1, 0.15) is 16.8 Å². The highest BCUT2D eigenvalue weighted by Crippen LogP contribution is 2.42. The van der Waals surface area contributed by atoms with Gasteiger partial charge in [-0.2, -0.15) is 9.97 Å². The van der Waals surface area contributed by atoms with Gasteiger partial charge in [0.05, 0.1) is 16.6 Å². The maximum atomic E-state index is 5.30. The van der Waals surface area contributed by atoms with Crippen LogP contribution in [-0.4, -0.2) is 24.1 Å². The summed E-state index contributed by atoms with van der Waals surface area (Å²) in [7, 11) is 0. The fraction of sp³-hybridized carbons (Fsp3) is 0.0192. The highest BCUT2D eigenvalue weighted by atomic mass is 15.2. The summed E-state index contributed by atoms with van der Waals surface area (Å²) in [5, 5.41) is 3.34. The van der Waals surface area contributed by atoms with Gasteiger partial charge in [0.2, 0.25) is 5.95 Å². The summed E-state index contributed by atoms with van der Waals surface area (Å²) >= 11 is 0. The lowest BCUT2D eigenvalue weighted by molar-refractivity contribution is 0.951. The lowest BCUT2D eigenvalue weighted by Crippen LogP contribution is -2.07. The van der Waals surface area contributed by atoms with Crippen LogP contribution in [-0.2, 0) is 0 Å². The molecule has 5 nitrogen and oxygen atoms in total. The Morgan fingerprint density at radius 3 is 1.61 bits per heavy atom. The Labute approximate surface area is 331 Å². The van der Waals surface area contributed by atoms with Gasteiger partial charge in [0.15, 0.2) is 11.6 Å². The van der Waals surface area contributed by atoms with Crippen molar-refractivity contribution in [3.63, 3.8) is 0 Å². The van der Waals surface area contributed by atoms with Crippen molar-refractivity contribution < 1.29 is 0 Å². The van der Waals surface area contributed by atoms with Gasteiger partial charge in [0, 0.05) is 44.2 Å². The third-order valence-corrected chi connectivity index (χ3v) is 10.8. The molecule has 0 aliphatic heterocycles. The van der Waals surface area contributed by atoms with Gasteiger partial charge in [-0.05, 0) is 59.5 Å². The fourth-order valence-electron chi connectivity index (χ4n) is 8.06. The molecule has 0 spiro atoms. The zero-order valence-corrected chi connectivity index (χ0v) is 31.4. The number of rotatable bonds is 8. The fourth-order valence-corrected chi connectivity index (χ4v) is 8.06. The number of hydrogen-bond donors (Lipinski definition) is 0. The SMILES string of the molecule is C=C/C(=C\c1c(C)n(-c2ccccc2)c2c1ccc1c3cc(-c4ccccc4)ccc3n(-c3nc(-c4ccccc4)nc(-c4ccccc4)n3)c12)c1ccccc1. The highest BCUT2D eigenvalue weighted by molar-refractivity contribution is 6.20. The van der Waals surface area contributed by atoms with Crippen LogP contribution in [0.25, 0.3) is 89.9 Å². The van der Waals surface area contributed by atoms with Gasteiger partial charge in [-0.3, -0.25) is 4.57 Å². The normalized spacial score (nSPS) is 11.8. The zero-order chi connectivity index (χ0) is 38.3. The Bertz CT molecular complexity index is 3050. The average Bonchev–Trinajstić information content (AvgIpc) is 3.77. The molecule has 7 aromatic carbocycles. The van der Waals surface area contributed by atoms with E-state index in [1.807, 2.05) is 48.5 Å². The number of para-hydroxylation sites is 1. The standard InChI is InChI=1S/C52H37N5/c1-3-36(37-19-9-4-10-20-37)33-45-35(2)56(42-27-17-8-18-28-42)48-43(45)30-31-44-46-34-41(38-21-11-5-12-22-38)29-32-47(46)57(49(44)48)52-54-50(39-23-13-6-14-24-39)53-51(55-52)40-25-15-7-16-26-40/h3-34H,1H2,2H3/b36-33+. The zero-order valence-electron chi connectivity index (χ0n) is 31.4. The molecule has 57 heavy (non-hydrogen) atoms. The minimum Gasteiger partial charge on any atom is -0.311 e. The molecule has 3 aromatic heterocycles. The van der Waals surface area contributed by atoms with Crippen LogP contribution in [0.3, 0.4) is 0 Å². The molecule has 0 saturated carbocycles. The molecule has 3 heterocycles. The number of nitrogens with zero attached hydrogens (tertiary/aromatic N) is 5. The van der Waals surface area contributed by atoms with Crippen LogP contribution in [0.15, 0.2) is 195 Å². The van der Waals surface area contributed by atoms with Gasteiger partial charge in [-0.25, -0.2) is 4.98 Å².